The molecule has 1 saturated carbocycles. The maximum absolute atomic E-state index is 13.6. The van der Waals surface area contributed by atoms with Gasteiger partial charge in [-0.3, -0.25) is 0 Å². The Morgan fingerprint density at radius 1 is 0.844 bits per heavy atom. The van der Waals surface area contributed by atoms with Crippen molar-refractivity contribution in [2.45, 2.75) is 48.1 Å². The molecule has 3 aromatic carbocycles. The predicted molar refractivity (Wildman–Crippen MR) is 116 cm³/mol. The van der Waals surface area contributed by atoms with Gasteiger partial charge in [0.2, 0.25) is 0 Å². The lowest BCUT2D eigenvalue weighted by Crippen LogP contribution is -2.33. The third kappa shape index (κ3) is 4.26. The van der Waals surface area contributed by atoms with Crippen molar-refractivity contribution in [3.05, 3.63) is 95.6 Å². The first-order valence-corrected chi connectivity index (χ1v) is 11.9. The van der Waals surface area contributed by atoms with Crippen LogP contribution in [-0.4, -0.2) is 8.42 Å². The monoisotopic (exact) mass is 460 g/mol. The average Bonchev–Trinajstić information content (AvgIpc) is 3.30. The summed E-state index contributed by atoms with van der Waals surface area (Å²) in [6.45, 7) is 0.383. The molecule has 3 aromatic rings. The van der Waals surface area contributed by atoms with Crippen molar-refractivity contribution in [2.24, 2.45) is 0 Å². The standard InChI is InChI=1S/C25H23F3O3S/c26-25(27,28)21-9-6-10-23(17-21)32(29,30)24(15-4-5-16-24)20-11-13-22(14-12-20)31-18-19-7-2-1-3-8-19/h1-3,6-14,17H,4-5,15-16,18H2. The molecule has 0 unspecified atom stereocenters. The molecule has 3 nitrogen and oxygen atoms in total. The Morgan fingerprint density at radius 3 is 2.12 bits per heavy atom. The van der Waals surface area contributed by atoms with Crippen molar-refractivity contribution in [1.29, 1.82) is 0 Å². The first-order valence-electron chi connectivity index (χ1n) is 10.4. The van der Waals surface area contributed by atoms with Crippen LogP contribution in [0.25, 0.3) is 0 Å². The predicted octanol–water partition coefficient (Wildman–Crippen LogP) is 6.53. The Bertz CT molecular complexity index is 1170. The Hall–Kier alpha value is -2.80. The molecule has 1 fully saturated rings. The number of hydrogen-bond donors (Lipinski definition) is 0. The Balaban J connectivity index is 1.64. The largest absolute Gasteiger partial charge is 0.489 e. The van der Waals surface area contributed by atoms with E-state index in [0.29, 0.717) is 43.6 Å². The van der Waals surface area contributed by atoms with Gasteiger partial charge in [0, 0.05) is 0 Å². The van der Waals surface area contributed by atoms with Crippen LogP contribution in [0, 0.1) is 0 Å². The lowest BCUT2D eigenvalue weighted by molar-refractivity contribution is -0.137. The second-order valence-corrected chi connectivity index (χ2v) is 10.3. The molecular formula is C25H23F3O3S. The van der Waals surface area contributed by atoms with Crippen molar-refractivity contribution in [3.8, 4) is 5.75 Å². The molecule has 0 heterocycles. The first kappa shape index (κ1) is 22.4. The van der Waals surface area contributed by atoms with Gasteiger partial charge in [-0.05, 0) is 54.3 Å². The van der Waals surface area contributed by atoms with Gasteiger partial charge in [0.1, 0.15) is 17.1 Å². The molecule has 0 atom stereocenters. The maximum atomic E-state index is 13.6. The highest BCUT2D eigenvalue weighted by Gasteiger charge is 2.48. The topological polar surface area (TPSA) is 43.4 Å². The van der Waals surface area contributed by atoms with Crippen molar-refractivity contribution in [3.63, 3.8) is 0 Å². The summed E-state index contributed by atoms with van der Waals surface area (Å²) in [4.78, 5) is -0.293. The second kappa shape index (κ2) is 8.62. The van der Waals surface area contributed by atoms with E-state index in [9.17, 15) is 21.6 Å². The lowest BCUT2D eigenvalue weighted by Gasteiger charge is -2.30. The van der Waals surface area contributed by atoms with Crippen molar-refractivity contribution in [2.75, 3.05) is 0 Å². The van der Waals surface area contributed by atoms with E-state index in [-0.39, 0.29) is 4.90 Å². The molecule has 4 rings (SSSR count). The molecule has 0 aliphatic heterocycles. The SMILES string of the molecule is O=S(=O)(c1cccc(C(F)(F)F)c1)C1(c2ccc(OCc3ccccc3)cc2)CCCC1. The van der Waals surface area contributed by atoms with Crippen molar-refractivity contribution >= 4 is 9.84 Å². The van der Waals surface area contributed by atoms with Gasteiger partial charge in [-0.1, -0.05) is 61.4 Å². The van der Waals surface area contributed by atoms with E-state index in [1.54, 1.807) is 24.3 Å². The fourth-order valence-electron chi connectivity index (χ4n) is 4.32. The quantitative estimate of drug-likeness (QED) is 0.420. The van der Waals surface area contributed by atoms with Gasteiger partial charge in [0.25, 0.3) is 0 Å². The van der Waals surface area contributed by atoms with Crippen LogP contribution in [0.4, 0.5) is 13.2 Å². The number of alkyl halides is 3. The van der Waals surface area contributed by atoms with Gasteiger partial charge in [0.15, 0.2) is 9.84 Å². The smallest absolute Gasteiger partial charge is 0.416 e. The molecule has 168 valence electrons. The number of sulfone groups is 1. The van der Waals surface area contributed by atoms with Gasteiger partial charge in [0.05, 0.1) is 10.5 Å². The van der Waals surface area contributed by atoms with E-state index < -0.39 is 26.3 Å². The van der Waals surface area contributed by atoms with E-state index >= 15 is 0 Å². The number of halogens is 3. The molecule has 0 amide bonds. The summed E-state index contributed by atoms with van der Waals surface area (Å²) in [6, 6.07) is 20.6. The minimum absolute atomic E-state index is 0.293. The van der Waals surface area contributed by atoms with Gasteiger partial charge in [-0.15, -0.1) is 0 Å². The van der Waals surface area contributed by atoms with Crippen LogP contribution in [0.5, 0.6) is 5.75 Å². The summed E-state index contributed by atoms with van der Waals surface area (Å²) in [5, 5.41) is 0. The van der Waals surface area contributed by atoms with Crippen LogP contribution >= 0.6 is 0 Å². The van der Waals surface area contributed by atoms with Crippen molar-refractivity contribution in [1.82, 2.24) is 0 Å². The molecule has 0 bridgehead atoms. The molecule has 1 aliphatic carbocycles. The summed E-state index contributed by atoms with van der Waals surface area (Å²) >= 11 is 0. The van der Waals surface area contributed by atoms with E-state index in [1.165, 1.54) is 6.07 Å². The highest BCUT2D eigenvalue weighted by atomic mass is 32.2. The lowest BCUT2D eigenvalue weighted by atomic mass is 9.96. The molecule has 7 heteroatoms. The Labute approximate surface area is 185 Å². The molecule has 0 spiro atoms. The molecule has 32 heavy (non-hydrogen) atoms. The Morgan fingerprint density at radius 2 is 1.50 bits per heavy atom. The second-order valence-electron chi connectivity index (χ2n) is 8.03. The van der Waals surface area contributed by atoms with Gasteiger partial charge in [-0.2, -0.15) is 13.2 Å². The van der Waals surface area contributed by atoms with Crippen LogP contribution in [-0.2, 0) is 27.4 Å². The van der Waals surface area contributed by atoms with Gasteiger partial charge >= 0.3 is 6.18 Å². The van der Waals surface area contributed by atoms with Gasteiger partial charge in [-0.25, -0.2) is 8.42 Å². The fourth-order valence-corrected chi connectivity index (χ4v) is 6.58. The van der Waals surface area contributed by atoms with E-state index in [0.717, 1.165) is 23.8 Å². The van der Waals surface area contributed by atoms with E-state index in [4.69, 9.17) is 4.74 Å². The normalized spacial score (nSPS) is 16.1. The number of ether oxygens (including phenoxy) is 1. The maximum Gasteiger partial charge on any atom is 0.416 e. The number of benzene rings is 3. The minimum atomic E-state index is -4.61. The molecule has 0 saturated heterocycles. The Kier molecular flexibility index (Phi) is 6.03. The number of rotatable bonds is 6. The zero-order chi connectivity index (χ0) is 22.8. The number of hydrogen-bond acceptors (Lipinski definition) is 3. The third-order valence-electron chi connectivity index (χ3n) is 6.03. The highest BCUT2D eigenvalue weighted by molar-refractivity contribution is 7.92. The fraction of sp³-hybridized carbons (Fsp3) is 0.280. The molecular weight excluding hydrogens is 437 g/mol. The average molecular weight is 461 g/mol. The summed E-state index contributed by atoms with van der Waals surface area (Å²) in [5.74, 6) is 0.599. The third-order valence-corrected chi connectivity index (χ3v) is 8.57. The zero-order valence-electron chi connectivity index (χ0n) is 17.3. The molecule has 1 aliphatic rings. The van der Waals surface area contributed by atoms with Crippen LogP contribution in [0.2, 0.25) is 0 Å². The summed E-state index contributed by atoms with van der Waals surface area (Å²) < 4.78 is 71.4. The molecule has 0 aromatic heterocycles. The van der Waals surface area contributed by atoms with E-state index in [1.807, 2.05) is 30.3 Å². The first-order chi connectivity index (χ1) is 15.2. The van der Waals surface area contributed by atoms with Crippen LogP contribution in [0.3, 0.4) is 0 Å². The van der Waals surface area contributed by atoms with Crippen LogP contribution in [0.1, 0.15) is 42.4 Å². The minimum Gasteiger partial charge on any atom is -0.489 e. The summed E-state index contributed by atoms with van der Waals surface area (Å²) in [6.07, 6.45) is -2.47. The van der Waals surface area contributed by atoms with E-state index in [2.05, 4.69) is 0 Å². The molecule has 0 radical (unpaired) electrons. The van der Waals surface area contributed by atoms with Crippen LogP contribution in [0.15, 0.2) is 83.8 Å². The molecule has 0 N–H and O–H groups in total. The zero-order valence-corrected chi connectivity index (χ0v) is 18.1. The highest BCUT2D eigenvalue weighted by Crippen LogP contribution is 2.49. The summed E-state index contributed by atoms with van der Waals surface area (Å²) in [5.41, 5.74) is 0.631. The van der Waals surface area contributed by atoms with Crippen LogP contribution < -0.4 is 4.74 Å². The summed E-state index contributed by atoms with van der Waals surface area (Å²) in [7, 11) is -4.05. The van der Waals surface area contributed by atoms with Gasteiger partial charge < -0.3 is 4.74 Å². The van der Waals surface area contributed by atoms with Crippen molar-refractivity contribution < 1.29 is 26.3 Å².